The zero-order chi connectivity index (χ0) is 15.2. The van der Waals surface area contributed by atoms with Gasteiger partial charge in [-0.15, -0.1) is 11.3 Å². The van der Waals surface area contributed by atoms with E-state index >= 15 is 0 Å². The first-order valence-electron chi connectivity index (χ1n) is 6.37. The van der Waals surface area contributed by atoms with Crippen LogP contribution in [0.5, 0.6) is 11.5 Å². The van der Waals surface area contributed by atoms with E-state index in [-0.39, 0.29) is 5.91 Å². The van der Waals surface area contributed by atoms with Gasteiger partial charge in [0.15, 0.2) is 0 Å². The van der Waals surface area contributed by atoms with Crippen LogP contribution < -0.4 is 14.8 Å². The molecule has 0 fully saturated rings. The average Bonchev–Trinajstić information content (AvgIpc) is 3.00. The third-order valence-electron chi connectivity index (χ3n) is 2.94. The van der Waals surface area contributed by atoms with Crippen LogP contribution in [-0.4, -0.2) is 26.7 Å². The lowest BCUT2D eigenvalue weighted by Gasteiger charge is -2.11. The second kappa shape index (κ2) is 7.47. The van der Waals surface area contributed by atoms with Crippen molar-refractivity contribution in [2.75, 3.05) is 20.8 Å². The van der Waals surface area contributed by atoms with Gasteiger partial charge in [-0.05, 0) is 45.9 Å². The van der Waals surface area contributed by atoms with Crippen LogP contribution in [-0.2, 0) is 6.42 Å². The van der Waals surface area contributed by atoms with Crippen molar-refractivity contribution < 1.29 is 14.3 Å². The number of hydrogen-bond donors (Lipinski definition) is 1. The van der Waals surface area contributed by atoms with E-state index in [4.69, 9.17) is 9.47 Å². The van der Waals surface area contributed by atoms with E-state index in [0.29, 0.717) is 28.1 Å². The van der Waals surface area contributed by atoms with Crippen LogP contribution in [0.4, 0.5) is 0 Å². The number of thiophene rings is 1. The lowest BCUT2D eigenvalue weighted by atomic mass is 10.2. The van der Waals surface area contributed by atoms with Gasteiger partial charge in [0.1, 0.15) is 16.0 Å². The third-order valence-corrected chi connectivity index (χ3v) is 4.66. The van der Waals surface area contributed by atoms with E-state index in [1.165, 1.54) is 4.88 Å². The Labute approximate surface area is 136 Å². The highest BCUT2D eigenvalue weighted by Crippen LogP contribution is 2.35. The zero-order valence-electron chi connectivity index (χ0n) is 11.8. The standard InChI is InChI=1S/C15H16BrNO3S/c1-19-12-8-10(9-13(20-2)14(12)16)15(18)17-6-5-11-4-3-7-21-11/h3-4,7-9H,5-6H2,1-2H3,(H,17,18). The first-order valence-corrected chi connectivity index (χ1v) is 8.05. The molecule has 1 aromatic heterocycles. The molecule has 0 aliphatic rings. The number of halogens is 1. The van der Waals surface area contributed by atoms with Crippen molar-refractivity contribution in [1.29, 1.82) is 0 Å². The summed E-state index contributed by atoms with van der Waals surface area (Å²) in [5.74, 6) is 0.992. The van der Waals surface area contributed by atoms with Crippen molar-refractivity contribution in [2.24, 2.45) is 0 Å². The number of nitrogens with one attached hydrogen (secondary N) is 1. The fraction of sp³-hybridized carbons (Fsp3) is 0.267. The van der Waals surface area contributed by atoms with Crippen LogP contribution in [0.25, 0.3) is 0 Å². The lowest BCUT2D eigenvalue weighted by Crippen LogP contribution is -2.25. The monoisotopic (exact) mass is 369 g/mol. The lowest BCUT2D eigenvalue weighted by molar-refractivity contribution is 0.0953. The van der Waals surface area contributed by atoms with E-state index in [9.17, 15) is 4.79 Å². The van der Waals surface area contributed by atoms with Gasteiger partial charge in [-0.2, -0.15) is 0 Å². The molecule has 2 rings (SSSR count). The third kappa shape index (κ3) is 3.98. The molecule has 6 heteroatoms. The van der Waals surface area contributed by atoms with E-state index in [1.807, 2.05) is 11.4 Å². The molecule has 0 aliphatic carbocycles. The molecule has 4 nitrogen and oxygen atoms in total. The molecular formula is C15H16BrNO3S. The topological polar surface area (TPSA) is 47.6 Å². The molecule has 112 valence electrons. The van der Waals surface area contributed by atoms with Crippen molar-refractivity contribution in [2.45, 2.75) is 6.42 Å². The minimum Gasteiger partial charge on any atom is -0.495 e. The van der Waals surface area contributed by atoms with Gasteiger partial charge >= 0.3 is 0 Å². The molecule has 2 aromatic rings. The predicted molar refractivity (Wildman–Crippen MR) is 87.6 cm³/mol. The molecule has 0 saturated carbocycles. The highest BCUT2D eigenvalue weighted by Gasteiger charge is 2.14. The van der Waals surface area contributed by atoms with Gasteiger partial charge in [0, 0.05) is 17.0 Å². The summed E-state index contributed by atoms with van der Waals surface area (Å²) in [6, 6.07) is 7.44. The van der Waals surface area contributed by atoms with E-state index in [0.717, 1.165) is 6.42 Å². The normalized spacial score (nSPS) is 10.2. The maximum Gasteiger partial charge on any atom is 0.251 e. The van der Waals surface area contributed by atoms with Gasteiger partial charge in [0.2, 0.25) is 0 Å². The van der Waals surface area contributed by atoms with Crippen molar-refractivity contribution >= 4 is 33.2 Å². The Morgan fingerprint density at radius 2 is 1.95 bits per heavy atom. The molecule has 0 atom stereocenters. The molecular weight excluding hydrogens is 354 g/mol. The van der Waals surface area contributed by atoms with Crippen LogP contribution in [0.1, 0.15) is 15.2 Å². The minimum atomic E-state index is -0.143. The smallest absolute Gasteiger partial charge is 0.251 e. The second-order valence-corrected chi connectivity index (χ2v) is 6.11. The fourth-order valence-corrected chi connectivity index (χ4v) is 3.12. The molecule has 1 aromatic carbocycles. The SMILES string of the molecule is COc1cc(C(=O)NCCc2cccs2)cc(OC)c1Br. The Kier molecular flexibility index (Phi) is 5.64. The summed E-state index contributed by atoms with van der Waals surface area (Å²) in [4.78, 5) is 13.4. The Balaban J connectivity index is 2.04. The Morgan fingerprint density at radius 3 is 2.48 bits per heavy atom. The number of rotatable bonds is 6. The summed E-state index contributed by atoms with van der Waals surface area (Å²) in [6.07, 6.45) is 0.828. The average molecular weight is 370 g/mol. The van der Waals surface area contributed by atoms with Gasteiger partial charge < -0.3 is 14.8 Å². The largest absolute Gasteiger partial charge is 0.495 e. The molecule has 1 N–H and O–H groups in total. The van der Waals surface area contributed by atoms with E-state index in [1.54, 1.807) is 37.7 Å². The molecule has 0 spiro atoms. The molecule has 0 saturated heterocycles. The number of carbonyl (C=O) groups is 1. The number of benzene rings is 1. The first-order chi connectivity index (χ1) is 10.2. The summed E-state index contributed by atoms with van der Waals surface area (Å²) in [5, 5.41) is 4.93. The van der Waals surface area contributed by atoms with Gasteiger partial charge in [-0.3, -0.25) is 4.79 Å². The van der Waals surface area contributed by atoms with Crippen LogP contribution >= 0.6 is 27.3 Å². The van der Waals surface area contributed by atoms with Crippen molar-refractivity contribution in [1.82, 2.24) is 5.32 Å². The number of amides is 1. The summed E-state index contributed by atoms with van der Waals surface area (Å²) in [5.41, 5.74) is 0.512. The van der Waals surface area contributed by atoms with Crippen molar-refractivity contribution in [3.8, 4) is 11.5 Å². The van der Waals surface area contributed by atoms with Crippen LogP contribution in [0, 0.1) is 0 Å². The minimum absolute atomic E-state index is 0.143. The van der Waals surface area contributed by atoms with Gasteiger partial charge in [-0.1, -0.05) is 6.07 Å². The number of ether oxygens (including phenoxy) is 2. The molecule has 21 heavy (non-hydrogen) atoms. The summed E-state index contributed by atoms with van der Waals surface area (Å²) in [6.45, 7) is 0.597. The maximum atomic E-state index is 12.2. The van der Waals surface area contributed by atoms with Crippen LogP contribution in [0.15, 0.2) is 34.1 Å². The predicted octanol–water partition coefficient (Wildman–Crippen LogP) is 3.50. The van der Waals surface area contributed by atoms with Crippen LogP contribution in [0.2, 0.25) is 0 Å². The van der Waals surface area contributed by atoms with Crippen LogP contribution in [0.3, 0.4) is 0 Å². The molecule has 1 heterocycles. The molecule has 0 unspecified atom stereocenters. The van der Waals surface area contributed by atoms with Crippen molar-refractivity contribution in [3.05, 3.63) is 44.6 Å². The first kappa shape index (κ1) is 15.9. The highest BCUT2D eigenvalue weighted by molar-refractivity contribution is 9.10. The van der Waals surface area contributed by atoms with Gasteiger partial charge in [0.25, 0.3) is 5.91 Å². The maximum absolute atomic E-state index is 12.2. The van der Waals surface area contributed by atoms with Gasteiger partial charge in [0.05, 0.1) is 14.2 Å². The number of methoxy groups -OCH3 is 2. The number of hydrogen-bond acceptors (Lipinski definition) is 4. The molecule has 0 bridgehead atoms. The Hall–Kier alpha value is -1.53. The zero-order valence-corrected chi connectivity index (χ0v) is 14.2. The number of carbonyl (C=O) groups excluding carboxylic acids is 1. The molecule has 0 aliphatic heterocycles. The summed E-state index contributed by atoms with van der Waals surface area (Å²) in [7, 11) is 3.11. The second-order valence-electron chi connectivity index (χ2n) is 4.28. The fourth-order valence-electron chi connectivity index (χ4n) is 1.86. The quantitative estimate of drug-likeness (QED) is 0.847. The molecule has 0 radical (unpaired) electrons. The Morgan fingerprint density at radius 1 is 1.29 bits per heavy atom. The van der Waals surface area contributed by atoms with E-state index < -0.39 is 0 Å². The van der Waals surface area contributed by atoms with Gasteiger partial charge in [-0.25, -0.2) is 0 Å². The molecule has 1 amide bonds. The summed E-state index contributed by atoms with van der Waals surface area (Å²) < 4.78 is 11.2. The van der Waals surface area contributed by atoms with Crippen molar-refractivity contribution in [3.63, 3.8) is 0 Å². The highest BCUT2D eigenvalue weighted by atomic mass is 79.9. The summed E-state index contributed by atoms with van der Waals surface area (Å²) >= 11 is 5.07. The Bertz CT molecular complexity index is 588. The van der Waals surface area contributed by atoms with E-state index in [2.05, 4.69) is 27.3 Å².